The van der Waals surface area contributed by atoms with Crippen LogP contribution in [0.2, 0.25) is 0 Å². The Labute approximate surface area is 123 Å². The Kier molecular flexibility index (Phi) is 4.76. The average molecular weight is 289 g/mol. The second-order valence-electron chi connectivity index (χ2n) is 4.71. The van der Waals surface area contributed by atoms with Gasteiger partial charge in [-0.05, 0) is 42.4 Å². The van der Waals surface area contributed by atoms with Crippen molar-refractivity contribution in [2.45, 2.75) is 13.1 Å². The number of thiocarbonyl (C=S) groups is 1. The fourth-order valence-electron chi connectivity index (χ4n) is 1.98. The van der Waals surface area contributed by atoms with Crippen LogP contribution in [0.4, 0.5) is 4.39 Å². The molecule has 0 spiro atoms. The molecular weight excluding hydrogens is 273 g/mol. The quantitative estimate of drug-likeness (QED) is 0.859. The number of nitrogens with two attached hydrogens (primary N) is 1. The minimum absolute atomic E-state index is 0.216. The Bertz CT molecular complexity index is 598. The smallest absolute Gasteiger partial charge is 0.123 e. The van der Waals surface area contributed by atoms with Gasteiger partial charge in [0.05, 0.1) is 5.69 Å². The topological polar surface area (TPSA) is 42.2 Å². The van der Waals surface area contributed by atoms with Gasteiger partial charge in [0.2, 0.25) is 0 Å². The van der Waals surface area contributed by atoms with Gasteiger partial charge in [-0.15, -0.1) is 0 Å². The van der Waals surface area contributed by atoms with Crippen LogP contribution in [0.5, 0.6) is 0 Å². The average Bonchev–Trinajstić information content (AvgIpc) is 2.41. The first kappa shape index (κ1) is 14.6. The molecule has 0 bridgehead atoms. The maximum atomic E-state index is 12.8. The predicted octanol–water partition coefficient (Wildman–Crippen LogP) is 2.49. The molecule has 0 fully saturated rings. The number of pyridine rings is 1. The summed E-state index contributed by atoms with van der Waals surface area (Å²) in [6, 6.07) is 10.4. The Hall–Kier alpha value is -1.85. The maximum Gasteiger partial charge on any atom is 0.123 e. The number of halogens is 1. The number of hydrogen-bond acceptors (Lipinski definition) is 3. The molecule has 2 rings (SSSR count). The molecule has 0 aliphatic carbocycles. The molecule has 1 heterocycles. The first-order valence-corrected chi connectivity index (χ1v) is 6.63. The van der Waals surface area contributed by atoms with Crippen LogP contribution in [0.15, 0.2) is 42.6 Å². The van der Waals surface area contributed by atoms with E-state index in [0.717, 1.165) is 24.2 Å². The zero-order valence-electron chi connectivity index (χ0n) is 11.2. The van der Waals surface area contributed by atoms with E-state index < -0.39 is 0 Å². The second-order valence-corrected chi connectivity index (χ2v) is 5.15. The Morgan fingerprint density at radius 1 is 1.20 bits per heavy atom. The highest BCUT2D eigenvalue weighted by Crippen LogP contribution is 2.10. The molecule has 2 N–H and O–H groups in total. The first-order chi connectivity index (χ1) is 9.54. The van der Waals surface area contributed by atoms with Gasteiger partial charge in [0.1, 0.15) is 10.8 Å². The lowest BCUT2D eigenvalue weighted by Gasteiger charge is -2.17. The zero-order valence-corrected chi connectivity index (χ0v) is 12.0. The van der Waals surface area contributed by atoms with E-state index in [9.17, 15) is 4.39 Å². The summed E-state index contributed by atoms with van der Waals surface area (Å²) in [5.41, 5.74) is 8.36. The number of hydrogen-bond donors (Lipinski definition) is 1. The van der Waals surface area contributed by atoms with Crippen molar-refractivity contribution in [3.05, 3.63) is 65.2 Å². The lowest BCUT2D eigenvalue weighted by Crippen LogP contribution is -2.18. The van der Waals surface area contributed by atoms with Crippen LogP contribution in [0, 0.1) is 5.82 Å². The molecule has 0 aliphatic heterocycles. The predicted molar refractivity (Wildman–Crippen MR) is 81.7 cm³/mol. The highest BCUT2D eigenvalue weighted by Gasteiger charge is 2.04. The summed E-state index contributed by atoms with van der Waals surface area (Å²) in [6.07, 6.45) is 1.70. The molecule has 3 nitrogen and oxygen atoms in total. The van der Waals surface area contributed by atoms with Gasteiger partial charge in [0, 0.05) is 19.3 Å². The third-order valence-corrected chi connectivity index (χ3v) is 3.10. The molecule has 0 saturated carbocycles. The van der Waals surface area contributed by atoms with Gasteiger partial charge in [0.15, 0.2) is 0 Å². The molecular formula is C15H16FN3S. The summed E-state index contributed by atoms with van der Waals surface area (Å²) >= 11 is 4.92. The van der Waals surface area contributed by atoms with Gasteiger partial charge in [0.25, 0.3) is 0 Å². The van der Waals surface area contributed by atoms with Crippen molar-refractivity contribution in [1.29, 1.82) is 0 Å². The molecule has 2 aromatic rings. The Morgan fingerprint density at radius 3 is 2.50 bits per heavy atom. The van der Waals surface area contributed by atoms with Gasteiger partial charge >= 0.3 is 0 Å². The van der Waals surface area contributed by atoms with Crippen molar-refractivity contribution < 1.29 is 4.39 Å². The number of nitrogens with zero attached hydrogens (tertiary/aromatic N) is 2. The summed E-state index contributed by atoms with van der Waals surface area (Å²) in [5, 5.41) is 0. The molecule has 0 unspecified atom stereocenters. The van der Waals surface area contributed by atoms with Crippen molar-refractivity contribution in [3.8, 4) is 0 Å². The molecule has 0 atom stereocenters. The number of benzene rings is 1. The first-order valence-electron chi connectivity index (χ1n) is 6.22. The van der Waals surface area contributed by atoms with Crippen LogP contribution in [0.3, 0.4) is 0 Å². The van der Waals surface area contributed by atoms with Crippen LogP contribution in [0.1, 0.15) is 16.8 Å². The fourth-order valence-corrected chi connectivity index (χ4v) is 2.09. The highest BCUT2D eigenvalue weighted by atomic mass is 32.1. The van der Waals surface area contributed by atoms with E-state index in [4.69, 9.17) is 18.0 Å². The van der Waals surface area contributed by atoms with E-state index >= 15 is 0 Å². The fraction of sp³-hybridized carbons (Fsp3) is 0.200. The summed E-state index contributed by atoms with van der Waals surface area (Å²) in [5.74, 6) is -0.216. The lowest BCUT2D eigenvalue weighted by molar-refractivity contribution is 0.319. The van der Waals surface area contributed by atoms with Crippen molar-refractivity contribution in [1.82, 2.24) is 9.88 Å². The SMILES string of the molecule is CN(Cc1ccc(F)cc1)Cc1ccnc(C(N)=S)c1. The van der Waals surface area contributed by atoms with E-state index in [0.29, 0.717) is 10.7 Å². The van der Waals surface area contributed by atoms with Gasteiger partial charge in [-0.2, -0.15) is 0 Å². The third kappa shape index (κ3) is 4.08. The highest BCUT2D eigenvalue weighted by molar-refractivity contribution is 7.80. The summed E-state index contributed by atoms with van der Waals surface area (Å²) in [4.78, 5) is 6.54. The van der Waals surface area contributed by atoms with E-state index in [1.165, 1.54) is 12.1 Å². The molecule has 0 radical (unpaired) electrons. The standard InChI is InChI=1S/C15H16FN3S/c1-19(9-11-2-4-13(16)5-3-11)10-12-6-7-18-14(8-12)15(17)20/h2-8H,9-10H2,1H3,(H2,17,20). The molecule has 104 valence electrons. The van der Waals surface area contributed by atoms with Crippen molar-refractivity contribution in [2.75, 3.05) is 7.05 Å². The largest absolute Gasteiger partial charge is 0.388 e. The van der Waals surface area contributed by atoms with Gasteiger partial charge in [-0.1, -0.05) is 24.4 Å². The molecule has 20 heavy (non-hydrogen) atoms. The van der Waals surface area contributed by atoms with Crippen LogP contribution >= 0.6 is 12.2 Å². The summed E-state index contributed by atoms with van der Waals surface area (Å²) in [6.45, 7) is 1.49. The minimum atomic E-state index is -0.216. The minimum Gasteiger partial charge on any atom is -0.388 e. The van der Waals surface area contributed by atoms with E-state index in [2.05, 4.69) is 9.88 Å². The maximum absolute atomic E-state index is 12.8. The summed E-state index contributed by atoms with van der Waals surface area (Å²) < 4.78 is 12.8. The van der Waals surface area contributed by atoms with Crippen molar-refractivity contribution >= 4 is 17.2 Å². The summed E-state index contributed by atoms with van der Waals surface area (Å²) in [7, 11) is 2.00. The van der Waals surface area contributed by atoms with Crippen molar-refractivity contribution in [3.63, 3.8) is 0 Å². The molecule has 1 aromatic heterocycles. The van der Waals surface area contributed by atoms with Gasteiger partial charge in [-0.25, -0.2) is 4.39 Å². The molecule has 0 aliphatic rings. The Balaban J connectivity index is 2.00. The van der Waals surface area contributed by atoms with Crippen LogP contribution in [0.25, 0.3) is 0 Å². The van der Waals surface area contributed by atoms with E-state index in [-0.39, 0.29) is 5.82 Å². The number of rotatable bonds is 5. The molecule has 0 amide bonds. The molecule has 1 aromatic carbocycles. The van der Waals surface area contributed by atoms with Crippen LogP contribution < -0.4 is 5.73 Å². The molecule has 0 saturated heterocycles. The van der Waals surface area contributed by atoms with E-state index in [1.807, 2.05) is 19.2 Å². The van der Waals surface area contributed by atoms with Crippen LogP contribution in [-0.4, -0.2) is 21.9 Å². The Morgan fingerprint density at radius 2 is 1.85 bits per heavy atom. The van der Waals surface area contributed by atoms with E-state index in [1.54, 1.807) is 18.3 Å². The van der Waals surface area contributed by atoms with Gasteiger partial charge in [-0.3, -0.25) is 9.88 Å². The van der Waals surface area contributed by atoms with Crippen LogP contribution in [-0.2, 0) is 13.1 Å². The zero-order chi connectivity index (χ0) is 14.5. The second kappa shape index (κ2) is 6.54. The van der Waals surface area contributed by atoms with Gasteiger partial charge < -0.3 is 5.73 Å². The van der Waals surface area contributed by atoms with Crippen molar-refractivity contribution in [2.24, 2.45) is 5.73 Å². The monoisotopic (exact) mass is 289 g/mol. The lowest BCUT2D eigenvalue weighted by atomic mass is 10.2. The molecule has 5 heteroatoms. The number of aromatic nitrogens is 1. The third-order valence-electron chi connectivity index (χ3n) is 2.90. The normalized spacial score (nSPS) is 10.8.